The third-order valence-corrected chi connectivity index (χ3v) is 19.0. The first-order chi connectivity index (χ1) is 44.5. The number of nitrogens with two attached hydrogens (primary N) is 3. The fraction of sp³-hybridized carbons (Fsp3) is 0.386. The van der Waals surface area contributed by atoms with E-state index in [-0.39, 0.29) is 38.9 Å². The minimum absolute atomic E-state index is 0.00388. The molecule has 38 heteroatoms. The topological polar surface area (TPSA) is 448 Å². The summed E-state index contributed by atoms with van der Waals surface area (Å²) < 4.78 is 147. The largest absolute Gasteiger partial charge is 0.399 e. The highest BCUT2D eigenvalue weighted by molar-refractivity contribution is 7.91. The van der Waals surface area contributed by atoms with E-state index in [1.54, 1.807) is 41.3 Å². The van der Waals surface area contributed by atoms with Crippen LogP contribution in [0, 0.1) is 47.8 Å². The Balaban J connectivity index is 0.000000201. The molecular formula is C57H70F3N13O18S4. The molecule has 10 rings (SSSR count). The van der Waals surface area contributed by atoms with Gasteiger partial charge in [-0.15, -0.1) is 0 Å². The Morgan fingerprint density at radius 3 is 1.38 bits per heavy atom. The van der Waals surface area contributed by atoms with Gasteiger partial charge in [0.15, 0.2) is 51.0 Å². The highest BCUT2D eigenvalue weighted by Crippen LogP contribution is 2.34. The van der Waals surface area contributed by atoms with Gasteiger partial charge in [-0.05, 0) is 67.4 Å². The zero-order valence-corrected chi connectivity index (χ0v) is 54.9. The van der Waals surface area contributed by atoms with Crippen molar-refractivity contribution in [1.29, 1.82) is 0 Å². The first kappa shape index (κ1) is 75.1. The molecule has 3 saturated heterocycles. The smallest absolute Gasteiger partial charge is 0.272 e. The van der Waals surface area contributed by atoms with Crippen molar-refractivity contribution in [3.8, 4) is 0 Å². The number of anilines is 7. The van der Waals surface area contributed by atoms with Crippen molar-refractivity contribution >= 4 is 103 Å². The number of carbonyl (C=O) groups excluding carboxylic acids is 1. The normalized spacial score (nSPS) is 16.7. The van der Waals surface area contributed by atoms with E-state index in [1.165, 1.54) is 36.9 Å². The highest BCUT2D eigenvalue weighted by atomic mass is 32.2. The van der Waals surface area contributed by atoms with Crippen LogP contribution >= 0.6 is 0 Å². The summed E-state index contributed by atoms with van der Waals surface area (Å²) in [5.41, 5.74) is 19.3. The number of benzene rings is 5. The number of morpholine rings is 3. The zero-order chi connectivity index (χ0) is 70.2. The predicted molar refractivity (Wildman–Crippen MR) is 346 cm³/mol. The number of halogens is 3. The molecule has 31 nitrogen and oxygen atoms in total. The molecule has 1 aliphatic carbocycles. The summed E-state index contributed by atoms with van der Waals surface area (Å²) >= 11 is 0. The lowest BCUT2D eigenvalue weighted by molar-refractivity contribution is -0.385. The summed E-state index contributed by atoms with van der Waals surface area (Å²) in [5.74, 6) is -3.51. The quantitative estimate of drug-likeness (QED) is 0.0474. The molecule has 95 heavy (non-hydrogen) atoms. The van der Waals surface area contributed by atoms with Gasteiger partial charge >= 0.3 is 0 Å². The highest BCUT2D eigenvalue weighted by Gasteiger charge is 2.27. The Morgan fingerprint density at radius 1 is 0.547 bits per heavy atom. The van der Waals surface area contributed by atoms with Crippen molar-refractivity contribution in [2.45, 2.75) is 57.3 Å². The summed E-state index contributed by atoms with van der Waals surface area (Å²) in [5, 5.41) is 37.4. The van der Waals surface area contributed by atoms with Crippen LogP contribution < -0.4 is 42.5 Å². The summed E-state index contributed by atoms with van der Waals surface area (Å²) in [6, 6.07) is 18.2. The van der Waals surface area contributed by atoms with Crippen LogP contribution in [0.3, 0.4) is 0 Å². The Morgan fingerprint density at radius 2 is 0.947 bits per heavy atom. The van der Waals surface area contributed by atoms with Crippen LogP contribution in [-0.4, -0.2) is 180 Å². The van der Waals surface area contributed by atoms with Crippen molar-refractivity contribution in [3.63, 3.8) is 0 Å². The Bertz CT molecular complexity index is 4240. The number of sulfone groups is 4. The number of carbonyl (C=O) groups is 1. The van der Waals surface area contributed by atoms with Crippen molar-refractivity contribution in [1.82, 2.24) is 9.97 Å². The number of nitrogen functional groups attached to an aromatic ring is 1. The minimum atomic E-state index is -3.67. The Hall–Kier alpha value is -8.92. The lowest BCUT2D eigenvalue weighted by Gasteiger charge is -2.30. The van der Waals surface area contributed by atoms with E-state index in [0.29, 0.717) is 136 Å². The van der Waals surface area contributed by atoms with Gasteiger partial charge in [-0.3, -0.25) is 35.1 Å². The molecule has 0 unspecified atom stereocenters. The Labute approximate surface area is 544 Å². The molecule has 0 spiro atoms. The van der Waals surface area contributed by atoms with Gasteiger partial charge < -0.3 is 56.7 Å². The van der Waals surface area contributed by atoms with Crippen LogP contribution in [0.25, 0.3) is 0 Å². The number of rotatable bonds is 15. The second-order valence-electron chi connectivity index (χ2n) is 21.6. The van der Waals surface area contributed by atoms with E-state index >= 15 is 0 Å². The number of amides is 1. The van der Waals surface area contributed by atoms with E-state index in [1.807, 2.05) is 9.80 Å². The maximum absolute atomic E-state index is 13.0. The lowest BCUT2D eigenvalue weighted by atomic mass is 9.91. The second kappa shape index (κ2) is 33.0. The molecule has 2 atom stereocenters. The molecule has 3 aliphatic heterocycles. The molecule has 5 aromatic carbocycles. The fourth-order valence-corrected chi connectivity index (χ4v) is 13.1. The molecule has 4 aliphatic rings. The number of hydrogen-bond donors (Lipinski definition) is 5. The van der Waals surface area contributed by atoms with Gasteiger partial charge in [0.2, 0.25) is 5.95 Å². The van der Waals surface area contributed by atoms with E-state index in [9.17, 15) is 82.0 Å². The van der Waals surface area contributed by atoms with Gasteiger partial charge in [-0.1, -0.05) is 12.8 Å². The zero-order valence-electron chi connectivity index (χ0n) is 51.6. The number of nitro groups is 3. The van der Waals surface area contributed by atoms with Gasteiger partial charge in [-0.25, -0.2) is 51.8 Å². The van der Waals surface area contributed by atoms with Gasteiger partial charge in [-0.2, -0.15) is 4.98 Å². The van der Waals surface area contributed by atoms with E-state index < -0.39 is 93.7 Å². The third kappa shape index (κ3) is 21.8. The van der Waals surface area contributed by atoms with Crippen LogP contribution in [0.1, 0.15) is 36.0 Å². The second-order valence-corrected chi connectivity index (χ2v) is 29.5. The summed E-state index contributed by atoms with van der Waals surface area (Å²) in [6.07, 6.45) is 9.72. The van der Waals surface area contributed by atoms with Crippen molar-refractivity contribution in [3.05, 3.63) is 151 Å². The molecule has 1 saturated carbocycles. The molecule has 516 valence electrons. The fourth-order valence-electron chi connectivity index (χ4n) is 9.71. The van der Waals surface area contributed by atoms with Crippen molar-refractivity contribution in [2.24, 2.45) is 11.5 Å². The van der Waals surface area contributed by atoms with Gasteiger partial charge in [0.1, 0.15) is 22.1 Å². The molecule has 1 amide bonds. The van der Waals surface area contributed by atoms with E-state index in [2.05, 4.69) is 20.6 Å². The molecule has 8 N–H and O–H groups in total. The number of nitrogens with one attached hydrogen (secondary N) is 2. The average molecular weight is 1410 g/mol. The molecule has 1 aromatic heterocycles. The average Bonchev–Trinajstić information content (AvgIpc) is 0.841. The molecule has 4 fully saturated rings. The Kier molecular flexibility index (Phi) is 26.1. The number of non-ortho nitro benzene ring substituents is 3. The van der Waals surface area contributed by atoms with Crippen LogP contribution in [-0.2, 0) is 53.6 Å². The molecule has 4 heterocycles. The predicted octanol–water partition coefficient (Wildman–Crippen LogP) is 5.60. The standard InChI is InChI=1S/C22H31N7O4S.C11H14N2O5S.C11H16N2O3S.C7H6FNO4S.C6H3F2NO2/c1-34(31,32)19-7-6-14(12-18(19)29-8-10-33-11-9-29)26-21-15(20(24)30)13-25-22(28-21)27-17-5-3-2-4-16(17)23;1-19(16,17)11-3-2-9(13(14)15)8-10(11)12-4-6-18-7-5-12;1-17(14,15)11-3-2-9(12)8-10(11)13-4-6-16-7-5-13;1-14(12,13)7-3-2-5(9(10)11)4-6(7)8;7-5-2-1-4(9(10)11)3-6(5)8/h6-7,12-13,16-17H,2-5,8-11,23H2,1H3,(H2,24,30)(H2,25,26,27,28);2-3,8H,4-7H2,1H3;2-3,8H,4-7,12H2,1H3;2-4H,1H3;1-3H/t16-,17+;;;;/m0..../s1. The number of nitro benzene ring substituents is 3. The first-order valence-electron chi connectivity index (χ1n) is 28.6. The third-order valence-electron chi connectivity index (χ3n) is 14.4. The van der Waals surface area contributed by atoms with Crippen molar-refractivity contribution in [2.75, 3.05) is 135 Å². The molecular weight excluding hydrogens is 1340 g/mol. The summed E-state index contributed by atoms with van der Waals surface area (Å²) in [6.45, 7) is 6.75. The number of nitrogens with zero attached hydrogens (tertiary/aromatic N) is 8. The number of ether oxygens (including phenoxy) is 3. The van der Waals surface area contributed by atoms with Crippen LogP contribution in [0.5, 0.6) is 0 Å². The van der Waals surface area contributed by atoms with Crippen molar-refractivity contribution < 1.29 is 80.6 Å². The maximum Gasteiger partial charge on any atom is 0.272 e. The maximum atomic E-state index is 13.0. The summed E-state index contributed by atoms with van der Waals surface area (Å²) in [4.78, 5) is 55.5. The van der Waals surface area contributed by atoms with Gasteiger partial charge in [0.25, 0.3) is 23.0 Å². The number of primary amides is 1. The van der Waals surface area contributed by atoms with Gasteiger partial charge in [0.05, 0.1) is 98.3 Å². The molecule has 0 radical (unpaired) electrons. The summed E-state index contributed by atoms with van der Waals surface area (Å²) in [7, 11) is -13.8. The molecule has 6 aromatic rings. The number of aromatic nitrogens is 2. The van der Waals surface area contributed by atoms with E-state index in [0.717, 1.165) is 56.4 Å². The minimum Gasteiger partial charge on any atom is -0.399 e. The van der Waals surface area contributed by atoms with Gasteiger partial charge in [0, 0.05) is 118 Å². The van der Waals surface area contributed by atoms with Crippen LogP contribution in [0.15, 0.2) is 117 Å². The SMILES string of the molecule is CS(=O)(=O)c1ccc(N)cc1N1CCOCC1.CS(=O)(=O)c1ccc(Nc2nc(N[C@@H]3CCCC[C@@H]3N)ncc2C(N)=O)cc1N1CCOCC1.CS(=O)(=O)c1ccc([N+](=O)[O-])cc1F.CS(=O)(=O)c1ccc([N+](=O)[O-])cc1N1CCOCC1.O=[N+]([O-])c1ccc(F)c(F)c1. The molecule has 0 bridgehead atoms. The first-order valence-corrected chi connectivity index (χ1v) is 36.2. The lowest BCUT2D eigenvalue weighted by Crippen LogP contribution is -2.43. The number of hydrogen-bond acceptors (Lipinski definition) is 27. The van der Waals surface area contributed by atoms with Crippen LogP contribution in [0.4, 0.5) is 70.4 Å². The van der Waals surface area contributed by atoms with Crippen LogP contribution in [0.2, 0.25) is 0 Å². The monoisotopic (exact) mass is 1410 g/mol. The van der Waals surface area contributed by atoms with E-state index in [4.69, 9.17) is 31.4 Å².